The van der Waals surface area contributed by atoms with E-state index in [1.807, 2.05) is 43.2 Å². The minimum Gasteiger partial charge on any atom is -0.275 e. The van der Waals surface area contributed by atoms with Gasteiger partial charge in [-0.25, -0.2) is 0 Å². The van der Waals surface area contributed by atoms with Gasteiger partial charge in [-0.2, -0.15) is 10.2 Å². The van der Waals surface area contributed by atoms with Crippen molar-refractivity contribution in [1.29, 1.82) is 0 Å². The molecule has 1 aromatic carbocycles. The van der Waals surface area contributed by atoms with Crippen LogP contribution in [0.25, 0.3) is 10.9 Å². The lowest BCUT2D eigenvalue weighted by Crippen LogP contribution is -2.30. The van der Waals surface area contributed by atoms with Crippen LogP contribution in [0.1, 0.15) is 17.4 Å². The maximum absolute atomic E-state index is 5.68. The van der Waals surface area contributed by atoms with Crippen LogP contribution in [0.4, 0.5) is 0 Å². The van der Waals surface area contributed by atoms with Gasteiger partial charge in [-0.1, -0.05) is 18.2 Å². The highest BCUT2D eigenvalue weighted by Crippen LogP contribution is 2.22. The molecule has 0 aliphatic carbocycles. The number of fused-ring (bicyclic) bond motifs is 1. The fourth-order valence-corrected chi connectivity index (χ4v) is 2.50. The normalized spacial score (nSPS) is 12.9. The summed E-state index contributed by atoms with van der Waals surface area (Å²) in [5.41, 5.74) is 5.90. The van der Waals surface area contributed by atoms with Crippen molar-refractivity contribution in [1.82, 2.24) is 25.0 Å². The summed E-state index contributed by atoms with van der Waals surface area (Å²) < 4.78 is 3.67. The van der Waals surface area contributed by atoms with Gasteiger partial charge in [0.05, 0.1) is 22.9 Å². The van der Waals surface area contributed by atoms with Gasteiger partial charge in [-0.3, -0.25) is 20.6 Å². The van der Waals surface area contributed by atoms with E-state index < -0.39 is 0 Å². The Labute approximate surface area is 117 Å². The van der Waals surface area contributed by atoms with Crippen LogP contribution in [0.15, 0.2) is 36.5 Å². The Hall–Kier alpha value is -2.18. The molecule has 0 aliphatic rings. The molecule has 0 amide bonds. The lowest BCUT2D eigenvalue weighted by molar-refractivity contribution is 0.522. The van der Waals surface area contributed by atoms with Gasteiger partial charge in [-0.15, -0.1) is 0 Å². The zero-order valence-electron chi connectivity index (χ0n) is 11.6. The molecule has 0 radical (unpaired) electrons. The zero-order valence-corrected chi connectivity index (χ0v) is 11.6. The monoisotopic (exact) mass is 270 g/mol. The molecule has 0 aliphatic heterocycles. The van der Waals surface area contributed by atoms with Crippen molar-refractivity contribution in [2.45, 2.75) is 12.5 Å². The summed E-state index contributed by atoms with van der Waals surface area (Å²) in [6, 6.07) is 10.1. The van der Waals surface area contributed by atoms with Gasteiger partial charge in [0.25, 0.3) is 0 Å². The molecule has 0 fully saturated rings. The van der Waals surface area contributed by atoms with E-state index in [1.165, 1.54) is 0 Å². The topological polar surface area (TPSA) is 73.7 Å². The van der Waals surface area contributed by atoms with Gasteiger partial charge in [0, 0.05) is 32.1 Å². The summed E-state index contributed by atoms with van der Waals surface area (Å²) in [7, 11) is 3.85. The molecule has 6 nitrogen and oxygen atoms in total. The van der Waals surface area contributed by atoms with E-state index in [-0.39, 0.29) is 6.04 Å². The molecule has 20 heavy (non-hydrogen) atoms. The average Bonchev–Trinajstić information content (AvgIpc) is 3.01. The first kappa shape index (κ1) is 12.8. The molecular weight excluding hydrogens is 252 g/mol. The molecule has 1 atom stereocenters. The Balaban J connectivity index is 1.95. The van der Waals surface area contributed by atoms with E-state index in [1.54, 1.807) is 4.68 Å². The maximum atomic E-state index is 5.68. The van der Waals surface area contributed by atoms with Crippen LogP contribution in [0.3, 0.4) is 0 Å². The third-order valence-corrected chi connectivity index (χ3v) is 3.52. The van der Waals surface area contributed by atoms with E-state index in [2.05, 4.69) is 27.8 Å². The van der Waals surface area contributed by atoms with Gasteiger partial charge in [0.15, 0.2) is 0 Å². The van der Waals surface area contributed by atoms with Crippen LogP contribution in [0.5, 0.6) is 0 Å². The number of nitrogens with zero attached hydrogens (tertiary/aromatic N) is 4. The van der Waals surface area contributed by atoms with Crippen molar-refractivity contribution in [2.75, 3.05) is 0 Å². The molecule has 0 bridgehead atoms. The van der Waals surface area contributed by atoms with Crippen LogP contribution in [-0.4, -0.2) is 19.6 Å². The van der Waals surface area contributed by atoms with Crippen molar-refractivity contribution in [2.24, 2.45) is 19.9 Å². The summed E-state index contributed by atoms with van der Waals surface area (Å²) in [5, 5.41) is 10.2. The molecule has 2 heterocycles. The molecule has 2 aromatic heterocycles. The third-order valence-electron chi connectivity index (χ3n) is 3.52. The predicted molar refractivity (Wildman–Crippen MR) is 77.7 cm³/mol. The highest BCUT2D eigenvalue weighted by Gasteiger charge is 2.17. The molecule has 1 unspecified atom stereocenters. The van der Waals surface area contributed by atoms with E-state index >= 15 is 0 Å². The first-order valence-electron chi connectivity index (χ1n) is 6.55. The van der Waals surface area contributed by atoms with Crippen LogP contribution in [0.2, 0.25) is 0 Å². The number of rotatable bonds is 4. The minimum atomic E-state index is -0.0468. The van der Waals surface area contributed by atoms with Crippen LogP contribution >= 0.6 is 0 Å². The Morgan fingerprint density at radius 2 is 2.00 bits per heavy atom. The molecule has 6 heteroatoms. The Morgan fingerprint density at radius 1 is 1.20 bits per heavy atom. The van der Waals surface area contributed by atoms with Gasteiger partial charge >= 0.3 is 0 Å². The number of nitrogens with two attached hydrogens (primary N) is 1. The van der Waals surface area contributed by atoms with E-state index in [9.17, 15) is 0 Å². The standard InChI is InChI=1S/C14H18N6/c1-19-8-7-11(17-19)13(16-15)9-12-10-5-3-4-6-14(10)20(2)18-12/h3-8,13,16H,9,15H2,1-2H3. The Morgan fingerprint density at radius 3 is 2.70 bits per heavy atom. The molecule has 0 spiro atoms. The van der Waals surface area contributed by atoms with Gasteiger partial charge in [0.1, 0.15) is 0 Å². The van der Waals surface area contributed by atoms with E-state index in [0.29, 0.717) is 6.42 Å². The van der Waals surface area contributed by atoms with E-state index in [4.69, 9.17) is 5.84 Å². The SMILES string of the molecule is Cn1ccc(C(Cc2nn(C)c3ccccc23)NN)n1. The number of hydrogen-bond donors (Lipinski definition) is 2. The number of nitrogens with one attached hydrogen (secondary N) is 1. The first-order chi connectivity index (χ1) is 9.69. The zero-order chi connectivity index (χ0) is 14.1. The predicted octanol–water partition coefficient (Wildman–Crippen LogP) is 1.05. The summed E-state index contributed by atoms with van der Waals surface area (Å²) in [6.45, 7) is 0. The highest BCUT2D eigenvalue weighted by atomic mass is 15.3. The molecule has 3 N–H and O–H groups in total. The lowest BCUT2D eigenvalue weighted by atomic mass is 10.1. The Bertz CT molecular complexity index is 726. The molecule has 0 saturated heterocycles. The number of hydrazine groups is 1. The van der Waals surface area contributed by atoms with Crippen molar-refractivity contribution >= 4 is 10.9 Å². The summed E-state index contributed by atoms with van der Waals surface area (Å²) >= 11 is 0. The second-order valence-electron chi connectivity index (χ2n) is 4.93. The number of aromatic nitrogens is 4. The molecule has 0 saturated carbocycles. The first-order valence-corrected chi connectivity index (χ1v) is 6.55. The largest absolute Gasteiger partial charge is 0.275 e. The number of aryl methyl sites for hydroxylation is 2. The average molecular weight is 270 g/mol. The number of hydrogen-bond acceptors (Lipinski definition) is 4. The van der Waals surface area contributed by atoms with Crippen molar-refractivity contribution in [3.8, 4) is 0 Å². The van der Waals surface area contributed by atoms with Gasteiger partial charge < -0.3 is 0 Å². The smallest absolute Gasteiger partial charge is 0.0811 e. The molecule has 104 valence electrons. The van der Waals surface area contributed by atoms with Crippen molar-refractivity contribution < 1.29 is 0 Å². The highest BCUT2D eigenvalue weighted by molar-refractivity contribution is 5.81. The maximum Gasteiger partial charge on any atom is 0.0811 e. The van der Waals surface area contributed by atoms with Crippen LogP contribution < -0.4 is 11.3 Å². The second kappa shape index (κ2) is 5.07. The quantitative estimate of drug-likeness (QED) is 0.549. The molecule has 3 aromatic rings. The van der Waals surface area contributed by atoms with Crippen LogP contribution in [0, 0.1) is 0 Å². The summed E-state index contributed by atoms with van der Waals surface area (Å²) in [4.78, 5) is 0. The van der Waals surface area contributed by atoms with Crippen molar-refractivity contribution in [3.63, 3.8) is 0 Å². The minimum absolute atomic E-state index is 0.0468. The summed E-state index contributed by atoms with van der Waals surface area (Å²) in [6.07, 6.45) is 2.62. The molecular formula is C14H18N6. The van der Waals surface area contributed by atoms with Gasteiger partial charge in [-0.05, 0) is 12.1 Å². The fourth-order valence-electron chi connectivity index (χ4n) is 2.50. The van der Waals surface area contributed by atoms with Crippen molar-refractivity contribution in [3.05, 3.63) is 47.9 Å². The number of benzene rings is 1. The van der Waals surface area contributed by atoms with E-state index in [0.717, 1.165) is 22.3 Å². The lowest BCUT2D eigenvalue weighted by Gasteiger charge is -2.12. The second-order valence-corrected chi connectivity index (χ2v) is 4.93. The fraction of sp³-hybridized carbons (Fsp3) is 0.286. The number of para-hydroxylation sites is 1. The summed E-state index contributed by atoms with van der Waals surface area (Å²) in [5.74, 6) is 5.68. The van der Waals surface area contributed by atoms with Crippen LogP contribution in [-0.2, 0) is 20.5 Å². The Kier molecular flexibility index (Phi) is 3.25. The van der Waals surface area contributed by atoms with Gasteiger partial charge in [0.2, 0.25) is 0 Å². The third kappa shape index (κ3) is 2.19. The molecule has 3 rings (SSSR count).